The molecule has 0 aliphatic rings. The van der Waals surface area contributed by atoms with Gasteiger partial charge in [-0.2, -0.15) is 0 Å². The van der Waals surface area contributed by atoms with Crippen molar-refractivity contribution >= 4 is 5.97 Å². The highest BCUT2D eigenvalue weighted by Crippen LogP contribution is 2.00. The Morgan fingerprint density at radius 3 is 1.92 bits per heavy atom. The maximum absolute atomic E-state index is 10.4. The van der Waals surface area contributed by atoms with Crippen LogP contribution in [0.3, 0.4) is 0 Å². The van der Waals surface area contributed by atoms with Crippen LogP contribution in [0.15, 0.2) is 72.9 Å². The third kappa shape index (κ3) is 18.2. The van der Waals surface area contributed by atoms with Crippen LogP contribution in [0.1, 0.15) is 45.4 Å². The highest BCUT2D eigenvalue weighted by Gasteiger charge is 2.02. The molecule has 0 aromatic rings. The summed E-state index contributed by atoms with van der Waals surface area (Å²) in [7, 11) is 0. The van der Waals surface area contributed by atoms with Crippen molar-refractivity contribution < 1.29 is 20.1 Å². The van der Waals surface area contributed by atoms with E-state index in [-0.39, 0.29) is 12.8 Å². The molecule has 144 valence electrons. The molecule has 0 bridgehead atoms. The van der Waals surface area contributed by atoms with Gasteiger partial charge in [0.15, 0.2) is 0 Å². The Labute approximate surface area is 157 Å². The number of allylic oxidation sites excluding steroid dienone is 9. The molecule has 0 aliphatic heterocycles. The minimum atomic E-state index is -0.900. The second-order valence-corrected chi connectivity index (χ2v) is 5.75. The first-order valence-corrected chi connectivity index (χ1v) is 9.10. The van der Waals surface area contributed by atoms with E-state index in [0.717, 1.165) is 19.3 Å². The van der Waals surface area contributed by atoms with Crippen LogP contribution in [0, 0.1) is 0 Å². The molecule has 3 N–H and O–H groups in total. The van der Waals surface area contributed by atoms with Crippen molar-refractivity contribution in [2.75, 3.05) is 0 Å². The monoisotopic (exact) mass is 360 g/mol. The van der Waals surface area contributed by atoms with Crippen molar-refractivity contribution in [1.82, 2.24) is 0 Å². The van der Waals surface area contributed by atoms with Gasteiger partial charge < -0.3 is 15.3 Å². The molecule has 0 saturated heterocycles. The van der Waals surface area contributed by atoms with Gasteiger partial charge in [0.25, 0.3) is 0 Å². The number of carboxylic acids is 1. The Kier molecular flexibility index (Phi) is 16.2. The summed E-state index contributed by atoms with van der Waals surface area (Å²) in [6.45, 7) is 2.07. The number of hydrogen-bond acceptors (Lipinski definition) is 3. The van der Waals surface area contributed by atoms with Crippen LogP contribution in [0.4, 0.5) is 0 Å². The van der Waals surface area contributed by atoms with E-state index < -0.39 is 18.2 Å². The largest absolute Gasteiger partial charge is 0.481 e. The first-order chi connectivity index (χ1) is 12.6. The number of carbonyl (C=O) groups is 1. The van der Waals surface area contributed by atoms with Gasteiger partial charge in [-0.1, -0.05) is 79.8 Å². The number of carboxylic acid groups (broad SMARTS) is 1. The van der Waals surface area contributed by atoms with Gasteiger partial charge in [0.1, 0.15) is 0 Å². The molecule has 0 rings (SSSR count). The zero-order valence-corrected chi connectivity index (χ0v) is 15.6. The summed E-state index contributed by atoms with van der Waals surface area (Å²) in [4.78, 5) is 10.4. The smallest absolute Gasteiger partial charge is 0.303 e. The van der Waals surface area contributed by atoms with Crippen LogP contribution in [-0.2, 0) is 4.79 Å². The van der Waals surface area contributed by atoms with Gasteiger partial charge in [-0.05, 0) is 32.1 Å². The molecule has 0 aliphatic carbocycles. The van der Waals surface area contributed by atoms with E-state index in [1.165, 1.54) is 0 Å². The third-order valence-corrected chi connectivity index (χ3v) is 3.31. The molecule has 2 atom stereocenters. The summed E-state index contributed by atoms with van der Waals surface area (Å²) in [5.41, 5.74) is 0. The first-order valence-electron chi connectivity index (χ1n) is 9.10. The van der Waals surface area contributed by atoms with E-state index >= 15 is 0 Å². The second-order valence-electron chi connectivity index (χ2n) is 5.75. The predicted molar refractivity (Wildman–Crippen MR) is 108 cm³/mol. The van der Waals surface area contributed by atoms with Crippen LogP contribution in [-0.4, -0.2) is 33.5 Å². The average molecular weight is 360 g/mol. The first kappa shape index (κ1) is 23.8. The molecule has 0 aromatic carbocycles. The normalized spacial score (nSPS) is 15.5. The fourth-order valence-corrected chi connectivity index (χ4v) is 1.90. The third-order valence-electron chi connectivity index (χ3n) is 3.31. The van der Waals surface area contributed by atoms with Gasteiger partial charge in [0.05, 0.1) is 12.2 Å². The van der Waals surface area contributed by atoms with E-state index in [2.05, 4.69) is 13.0 Å². The van der Waals surface area contributed by atoms with Crippen LogP contribution in [0.25, 0.3) is 0 Å². The molecule has 0 heterocycles. The fraction of sp³-hybridized carbons (Fsp3) is 0.409. The maximum Gasteiger partial charge on any atom is 0.303 e. The van der Waals surface area contributed by atoms with Crippen LogP contribution < -0.4 is 0 Å². The number of aliphatic carboxylic acids is 1. The Balaban J connectivity index is 3.80. The van der Waals surface area contributed by atoms with Gasteiger partial charge >= 0.3 is 5.97 Å². The average Bonchev–Trinajstić information content (AvgIpc) is 2.61. The Bertz CT molecular complexity index is 524. The summed E-state index contributed by atoms with van der Waals surface area (Å²) in [6.07, 6.45) is 25.1. The molecule has 0 saturated carbocycles. The minimum absolute atomic E-state index is 0.0322. The Hall–Kier alpha value is -2.17. The molecule has 26 heavy (non-hydrogen) atoms. The highest BCUT2D eigenvalue weighted by atomic mass is 16.4. The van der Waals surface area contributed by atoms with Crippen LogP contribution >= 0.6 is 0 Å². The lowest BCUT2D eigenvalue weighted by Gasteiger charge is -2.00. The molecular weight excluding hydrogens is 328 g/mol. The summed E-state index contributed by atoms with van der Waals surface area (Å²) < 4.78 is 0. The summed E-state index contributed by atoms with van der Waals surface area (Å²) >= 11 is 0. The number of rotatable bonds is 14. The predicted octanol–water partition coefficient (Wildman–Crippen LogP) is 4.49. The summed E-state index contributed by atoms with van der Waals surface area (Å²) in [6, 6.07) is 0. The Morgan fingerprint density at radius 2 is 1.38 bits per heavy atom. The molecule has 0 spiro atoms. The van der Waals surface area contributed by atoms with E-state index in [0.29, 0.717) is 6.42 Å². The van der Waals surface area contributed by atoms with E-state index in [9.17, 15) is 15.0 Å². The highest BCUT2D eigenvalue weighted by molar-refractivity contribution is 5.66. The van der Waals surface area contributed by atoms with Crippen molar-refractivity contribution in [3.63, 3.8) is 0 Å². The zero-order chi connectivity index (χ0) is 19.5. The fourth-order valence-electron chi connectivity index (χ4n) is 1.90. The van der Waals surface area contributed by atoms with Crippen LogP contribution in [0.2, 0.25) is 0 Å². The van der Waals surface area contributed by atoms with Gasteiger partial charge in [-0.3, -0.25) is 4.79 Å². The number of aliphatic hydroxyl groups is 2. The molecule has 0 fully saturated rings. The van der Waals surface area contributed by atoms with Gasteiger partial charge in [0.2, 0.25) is 0 Å². The standard InChI is InChI=1S/C22H32O4/c1-2-3-12-15-20(23)16-13-10-8-6-4-5-7-9-11-14-17-21(24)18-19-22(25)26/h3-5,8-14,16-17,20-21,23-24H,2,6-7,15,18-19H2,1H3,(H,25,26)/t20-,21+/m0/s1. The van der Waals surface area contributed by atoms with Crippen molar-refractivity contribution in [2.24, 2.45) is 0 Å². The number of aliphatic hydroxyl groups excluding tert-OH is 2. The summed E-state index contributed by atoms with van der Waals surface area (Å²) in [5.74, 6) is -0.900. The summed E-state index contributed by atoms with van der Waals surface area (Å²) in [5, 5.41) is 27.7. The molecule has 0 unspecified atom stereocenters. The maximum atomic E-state index is 10.4. The van der Waals surface area contributed by atoms with Gasteiger partial charge in [-0.15, -0.1) is 0 Å². The molecule has 0 radical (unpaired) electrons. The van der Waals surface area contributed by atoms with Gasteiger partial charge in [0, 0.05) is 6.42 Å². The SMILES string of the molecule is CCC=CC[C@H](O)C=CC=CCC=CCC=CC=C[C@@H](O)CCC(=O)O. The quantitative estimate of drug-likeness (QED) is 0.315. The van der Waals surface area contributed by atoms with E-state index in [1.54, 1.807) is 18.2 Å². The van der Waals surface area contributed by atoms with Crippen molar-refractivity contribution in [1.29, 1.82) is 0 Å². The van der Waals surface area contributed by atoms with Crippen LogP contribution in [0.5, 0.6) is 0 Å². The number of hydrogen-bond donors (Lipinski definition) is 3. The second kappa shape index (κ2) is 17.6. The van der Waals surface area contributed by atoms with E-state index in [1.807, 2.05) is 48.6 Å². The molecule has 4 nitrogen and oxygen atoms in total. The molecule has 0 aromatic heterocycles. The molecule has 0 amide bonds. The Morgan fingerprint density at radius 1 is 0.808 bits per heavy atom. The van der Waals surface area contributed by atoms with Crippen molar-refractivity contribution in [2.45, 2.75) is 57.7 Å². The lowest BCUT2D eigenvalue weighted by atomic mass is 10.2. The van der Waals surface area contributed by atoms with Crippen molar-refractivity contribution in [3.8, 4) is 0 Å². The lowest BCUT2D eigenvalue weighted by Crippen LogP contribution is -2.05. The lowest BCUT2D eigenvalue weighted by molar-refractivity contribution is -0.137. The van der Waals surface area contributed by atoms with Gasteiger partial charge in [-0.25, -0.2) is 0 Å². The minimum Gasteiger partial charge on any atom is -0.481 e. The van der Waals surface area contributed by atoms with E-state index in [4.69, 9.17) is 5.11 Å². The zero-order valence-electron chi connectivity index (χ0n) is 15.6. The molecular formula is C22H32O4. The topological polar surface area (TPSA) is 77.8 Å². The molecule has 4 heteroatoms. The van der Waals surface area contributed by atoms with Crippen molar-refractivity contribution in [3.05, 3.63) is 72.9 Å².